The van der Waals surface area contributed by atoms with Crippen molar-refractivity contribution in [3.05, 3.63) is 71.0 Å². The molecule has 0 unspecified atom stereocenters. The summed E-state index contributed by atoms with van der Waals surface area (Å²) >= 11 is 0. The predicted octanol–water partition coefficient (Wildman–Crippen LogP) is 3.41. The third-order valence-corrected chi connectivity index (χ3v) is 2.61. The zero-order valence-electron chi connectivity index (χ0n) is 9.77. The van der Waals surface area contributed by atoms with E-state index in [2.05, 4.69) is 6.07 Å². The van der Waals surface area contributed by atoms with Crippen molar-refractivity contribution in [1.82, 2.24) is 0 Å². The molecule has 0 N–H and O–H groups in total. The first-order valence-corrected chi connectivity index (χ1v) is 5.60. The number of nitrogens with zero attached hydrogens (tertiary/aromatic N) is 1. The molecule has 2 rings (SSSR count). The highest BCUT2D eigenvalue weighted by molar-refractivity contribution is 5.36. The van der Waals surface area contributed by atoms with Crippen molar-refractivity contribution in [2.24, 2.45) is 0 Å². The third kappa shape index (κ3) is 2.93. The van der Waals surface area contributed by atoms with Crippen LogP contribution in [-0.4, -0.2) is 0 Å². The smallest absolute Gasteiger partial charge is 0.128 e. The highest BCUT2D eigenvalue weighted by Crippen LogP contribution is 2.12. The Morgan fingerprint density at radius 3 is 2.28 bits per heavy atom. The molecule has 0 amide bonds. The predicted molar refractivity (Wildman–Crippen MR) is 66.1 cm³/mol. The van der Waals surface area contributed by atoms with Gasteiger partial charge in [0.15, 0.2) is 0 Å². The summed E-state index contributed by atoms with van der Waals surface area (Å²) in [4.78, 5) is 0. The monoisotopic (exact) mass is 241 g/mol. The summed E-state index contributed by atoms with van der Waals surface area (Å²) in [5.41, 5.74) is 1.93. The van der Waals surface area contributed by atoms with E-state index in [9.17, 15) is 4.39 Å². The Morgan fingerprint density at radius 2 is 1.56 bits per heavy atom. The first-order chi connectivity index (χ1) is 8.81. The van der Waals surface area contributed by atoms with Crippen LogP contribution in [0.5, 0.6) is 0 Å². The zero-order valence-corrected chi connectivity index (χ0v) is 9.77. The Kier molecular flexibility index (Phi) is 4.06. The second kappa shape index (κ2) is 5.95. The van der Waals surface area contributed by atoms with E-state index in [1.807, 2.05) is 12.1 Å². The van der Waals surface area contributed by atoms with E-state index in [4.69, 9.17) is 10.00 Å². The van der Waals surface area contributed by atoms with E-state index in [1.165, 1.54) is 6.07 Å². The average Bonchev–Trinajstić information content (AvgIpc) is 2.41. The van der Waals surface area contributed by atoms with Crippen molar-refractivity contribution in [3.63, 3.8) is 0 Å². The molecule has 0 saturated carbocycles. The van der Waals surface area contributed by atoms with E-state index in [0.717, 1.165) is 5.56 Å². The lowest BCUT2D eigenvalue weighted by atomic mass is 10.1. The van der Waals surface area contributed by atoms with E-state index in [1.54, 1.807) is 30.3 Å². The molecule has 18 heavy (non-hydrogen) atoms. The van der Waals surface area contributed by atoms with Gasteiger partial charge in [0.1, 0.15) is 5.82 Å². The molecule has 0 radical (unpaired) electrons. The van der Waals surface area contributed by atoms with Crippen LogP contribution in [-0.2, 0) is 18.0 Å². The van der Waals surface area contributed by atoms with Gasteiger partial charge < -0.3 is 4.74 Å². The van der Waals surface area contributed by atoms with Crippen LogP contribution in [0.4, 0.5) is 4.39 Å². The van der Waals surface area contributed by atoms with Gasteiger partial charge in [-0.25, -0.2) is 4.39 Å². The lowest BCUT2D eigenvalue weighted by Gasteiger charge is -2.06. The molecule has 0 fully saturated rings. The summed E-state index contributed by atoms with van der Waals surface area (Å²) in [7, 11) is 0. The quantitative estimate of drug-likeness (QED) is 0.821. The van der Waals surface area contributed by atoms with Crippen molar-refractivity contribution >= 4 is 0 Å². The molecule has 0 aliphatic rings. The fraction of sp³-hybridized carbons (Fsp3) is 0.133. The normalized spacial score (nSPS) is 10.0. The SMILES string of the molecule is N#Cc1ccccc1COCc1ccccc1F. The van der Waals surface area contributed by atoms with Crippen LogP contribution in [0.15, 0.2) is 48.5 Å². The van der Waals surface area contributed by atoms with Crippen LogP contribution in [0.2, 0.25) is 0 Å². The fourth-order valence-electron chi connectivity index (χ4n) is 1.64. The van der Waals surface area contributed by atoms with Crippen LogP contribution in [0.1, 0.15) is 16.7 Å². The van der Waals surface area contributed by atoms with Gasteiger partial charge in [0.25, 0.3) is 0 Å². The molecular weight excluding hydrogens is 229 g/mol. The Labute approximate surface area is 105 Å². The second-order valence-electron chi connectivity index (χ2n) is 3.85. The van der Waals surface area contributed by atoms with Crippen molar-refractivity contribution in [1.29, 1.82) is 5.26 Å². The number of benzene rings is 2. The molecule has 0 bridgehead atoms. The number of rotatable bonds is 4. The minimum absolute atomic E-state index is 0.201. The van der Waals surface area contributed by atoms with Crippen LogP contribution in [0, 0.1) is 17.1 Å². The maximum Gasteiger partial charge on any atom is 0.128 e. The molecule has 0 spiro atoms. The van der Waals surface area contributed by atoms with Gasteiger partial charge >= 0.3 is 0 Å². The number of hydrogen-bond acceptors (Lipinski definition) is 2. The molecule has 0 atom stereocenters. The molecule has 3 heteroatoms. The van der Waals surface area contributed by atoms with Crippen LogP contribution >= 0.6 is 0 Å². The first-order valence-electron chi connectivity index (χ1n) is 5.60. The molecule has 0 aliphatic carbocycles. The third-order valence-electron chi connectivity index (χ3n) is 2.61. The number of hydrogen-bond donors (Lipinski definition) is 0. The summed E-state index contributed by atoms with van der Waals surface area (Å²) < 4.78 is 18.8. The summed E-state index contributed by atoms with van der Waals surface area (Å²) in [6.07, 6.45) is 0. The molecule has 0 saturated heterocycles. The first kappa shape index (κ1) is 12.3. The molecule has 0 aliphatic heterocycles. The molecule has 2 aromatic rings. The Morgan fingerprint density at radius 1 is 0.944 bits per heavy atom. The minimum atomic E-state index is -0.272. The molecule has 0 heterocycles. The van der Waals surface area contributed by atoms with Crippen molar-refractivity contribution in [2.75, 3.05) is 0 Å². The highest BCUT2D eigenvalue weighted by Gasteiger charge is 2.03. The lowest BCUT2D eigenvalue weighted by Crippen LogP contribution is -1.98. The van der Waals surface area contributed by atoms with Gasteiger partial charge in [-0.2, -0.15) is 5.26 Å². The Balaban J connectivity index is 1.97. The summed E-state index contributed by atoms with van der Waals surface area (Å²) in [6, 6.07) is 15.8. The highest BCUT2D eigenvalue weighted by atomic mass is 19.1. The van der Waals surface area contributed by atoms with Crippen LogP contribution < -0.4 is 0 Å². The molecular formula is C15H12FNO. The van der Waals surface area contributed by atoms with Crippen molar-refractivity contribution in [2.45, 2.75) is 13.2 Å². The average molecular weight is 241 g/mol. The standard InChI is InChI=1S/C15H12FNO/c16-15-8-4-3-7-14(15)11-18-10-13-6-2-1-5-12(13)9-17/h1-8H,10-11H2. The van der Waals surface area contributed by atoms with Gasteiger partial charge in [0, 0.05) is 5.56 Å². The molecule has 90 valence electrons. The fourth-order valence-corrected chi connectivity index (χ4v) is 1.64. The second-order valence-corrected chi connectivity index (χ2v) is 3.85. The zero-order chi connectivity index (χ0) is 12.8. The lowest BCUT2D eigenvalue weighted by molar-refractivity contribution is 0.104. The van der Waals surface area contributed by atoms with Crippen LogP contribution in [0.25, 0.3) is 0 Å². The molecule has 2 nitrogen and oxygen atoms in total. The summed E-state index contributed by atoms with van der Waals surface area (Å²) in [5, 5.41) is 8.91. The topological polar surface area (TPSA) is 33.0 Å². The summed E-state index contributed by atoms with van der Waals surface area (Å²) in [5.74, 6) is -0.272. The van der Waals surface area contributed by atoms with E-state index < -0.39 is 0 Å². The molecule has 0 aromatic heterocycles. The largest absolute Gasteiger partial charge is 0.372 e. The Hall–Kier alpha value is -2.18. The maximum atomic E-state index is 13.3. The van der Waals surface area contributed by atoms with E-state index >= 15 is 0 Å². The van der Waals surface area contributed by atoms with E-state index in [0.29, 0.717) is 17.7 Å². The number of nitriles is 1. The molecule has 2 aromatic carbocycles. The van der Waals surface area contributed by atoms with Crippen molar-refractivity contribution < 1.29 is 9.13 Å². The minimum Gasteiger partial charge on any atom is -0.372 e. The van der Waals surface area contributed by atoms with Gasteiger partial charge in [0.2, 0.25) is 0 Å². The maximum absolute atomic E-state index is 13.3. The van der Waals surface area contributed by atoms with Crippen molar-refractivity contribution in [3.8, 4) is 6.07 Å². The van der Waals surface area contributed by atoms with Gasteiger partial charge in [-0.15, -0.1) is 0 Å². The van der Waals surface area contributed by atoms with Gasteiger partial charge in [-0.05, 0) is 17.7 Å². The Bertz CT molecular complexity index is 575. The summed E-state index contributed by atoms with van der Waals surface area (Å²) in [6.45, 7) is 0.504. The van der Waals surface area contributed by atoms with Gasteiger partial charge in [-0.3, -0.25) is 0 Å². The van der Waals surface area contributed by atoms with Gasteiger partial charge in [0.05, 0.1) is 24.8 Å². The van der Waals surface area contributed by atoms with Crippen LogP contribution in [0.3, 0.4) is 0 Å². The van der Waals surface area contributed by atoms with E-state index in [-0.39, 0.29) is 12.4 Å². The number of ether oxygens (including phenoxy) is 1. The van der Waals surface area contributed by atoms with Gasteiger partial charge in [-0.1, -0.05) is 36.4 Å². The number of halogens is 1.